The van der Waals surface area contributed by atoms with Gasteiger partial charge in [0.1, 0.15) is 0 Å². The molecule has 0 saturated heterocycles. The number of ether oxygens (including phenoxy) is 1. The molecule has 1 aromatic heterocycles. The quantitative estimate of drug-likeness (QED) is 0.733. The minimum absolute atomic E-state index is 0.111. The Morgan fingerprint density at radius 2 is 1.57 bits per heavy atom. The topological polar surface area (TPSA) is 51.4 Å². The molecule has 0 atom stereocenters. The van der Waals surface area contributed by atoms with E-state index in [1.165, 1.54) is 11.5 Å². The molecule has 1 rings (SSSR count). The molecule has 0 unspecified atom stereocenters. The lowest BCUT2D eigenvalue weighted by Gasteiger charge is -2.26. The lowest BCUT2D eigenvalue weighted by molar-refractivity contribution is 0.244. The molecular formula is C16H31N3OS. The summed E-state index contributed by atoms with van der Waals surface area (Å²) in [4.78, 5) is 2.39. The van der Waals surface area contributed by atoms with Gasteiger partial charge in [0.05, 0.1) is 6.10 Å². The molecule has 122 valence electrons. The zero-order valence-electron chi connectivity index (χ0n) is 14.3. The second-order valence-electron chi connectivity index (χ2n) is 6.72. The van der Waals surface area contributed by atoms with E-state index in [2.05, 4.69) is 37.0 Å². The maximum atomic E-state index is 5.99. The Kier molecular flexibility index (Phi) is 7.29. The summed E-state index contributed by atoms with van der Waals surface area (Å²) in [5.41, 5.74) is 5.99. The van der Waals surface area contributed by atoms with E-state index in [0.717, 1.165) is 36.7 Å². The average molecular weight is 314 g/mol. The smallest absolute Gasteiger partial charge is 0.198 e. The van der Waals surface area contributed by atoms with E-state index in [-0.39, 0.29) is 6.10 Å². The van der Waals surface area contributed by atoms with Crippen molar-refractivity contribution >= 4 is 22.4 Å². The largest absolute Gasteiger partial charge is 0.484 e. The third kappa shape index (κ3) is 6.12. The van der Waals surface area contributed by atoms with Crippen LogP contribution in [-0.4, -0.2) is 23.6 Å². The number of hydrogen-bond donors (Lipinski definition) is 1. The highest BCUT2D eigenvalue weighted by Crippen LogP contribution is 2.39. The van der Waals surface area contributed by atoms with Gasteiger partial charge in [-0.05, 0) is 50.1 Å². The van der Waals surface area contributed by atoms with E-state index >= 15 is 0 Å². The normalized spacial score (nSPS) is 11.7. The predicted octanol–water partition coefficient (Wildman–Crippen LogP) is 4.41. The molecule has 0 amide bonds. The van der Waals surface area contributed by atoms with Crippen LogP contribution in [0.4, 0.5) is 10.8 Å². The van der Waals surface area contributed by atoms with Crippen LogP contribution >= 0.6 is 11.5 Å². The number of anilines is 2. The first-order valence-electron chi connectivity index (χ1n) is 7.98. The summed E-state index contributed by atoms with van der Waals surface area (Å²) >= 11 is 1.46. The van der Waals surface area contributed by atoms with Gasteiger partial charge in [-0.25, -0.2) is 0 Å². The fourth-order valence-corrected chi connectivity index (χ4v) is 2.78. The van der Waals surface area contributed by atoms with Crippen molar-refractivity contribution in [1.29, 1.82) is 0 Å². The molecule has 2 N–H and O–H groups in total. The molecule has 0 aromatic carbocycles. The number of rotatable bonds is 9. The minimum Gasteiger partial charge on any atom is -0.484 e. The van der Waals surface area contributed by atoms with Gasteiger partial charge in [-0.15, -0.1) is 0 Å². The Hall–Kier alpha value is -0.970. The highest BCUT2D eigenvalue weighted by molar-refractivity contribution is 7.11. The molecular weight excluding hydrogens is 282 g/mol. The highest BCUT2D eigenvalue weighted by atomic mass is 32.1. The highest BCUT2D eigenvalue weighted by Gasteiger charge is 2.20. The summed E-state index contributed by atoms with van der Waals surface area (Å²) in [5, 5.41) is 1.09. The Balaban J connectivity index is 2.90. The van der Waals surface area contributed by atoms with Gasteiger partial charge in [-0.3, -0.25) is 0 Å². The SMILES string of the molecule is CC(C)CCN(CCC(C)C)c1snc(N)c1OC(C)C. The molecule has 0 aliphatic heterocycles. The Bertz CT molecular complexity index is 404. The first-order valence-corrected chi connectivity index (χ1v) is 8.75. The third-order valence-corrected chi connectivity index (χ3v) is 4.16. The number of nitrogen functional groups attached to an aromatic ring is 1. The predicted molar refractivity (Wildman–Crippen MR) is 93.4 cm³/mol. The number of hydrogen-bond acceptors (Lipinski definition) is 5. The summed E-state index contributed by atoms with van der Waals surface area (Å²) in [6, 6.07) is 0. The maximum Gasteiger partial charge on any atom is 0.198 e. The van der Waals surface area contributed by atoms with Gasteiger partial charge in [-0.2, -0.15) is 4.37 Å². The van der Waals surface area contributed by atoms with Crippen molar-refractivity contribution in [2.24, 2.45) is 11.8 Å². The molecule has 1 aromatic rings. The first-order chi connectivity index (χ1) is 9.81. The standard InChI is InChI=1S/C16H31N3OS/c1-11(2)7-9-19(10-8-12(3)4)16-14(20-13(5)6)15(17)18-21-16/h11-13H,7-10H2,1-6H3,(H2,17,18). The summed E-state index contributed by atoms with van der Waals surface area (Å²) in [6.07, 6.45) is 2.44. The van der Waals surface area contributed by atoms with Crippen molar-refractivity contribution in [1.82, 2.24) is 4.37 Å². The Morgan fingerprint density at radius 1 is 1.05 bits per heavy atom. The molecule has 0 spiro atoms. The third-order valence-electron chi connectivity index (χ3n) is 3.25. The second kappa shape index (κ2) is 8.47. The van der Waals surface area contributed by atoms with Crippen molar-refractivity contribution in [3.8, 4) is 5.75 Å². The van der Waals surface area contributed by atoms with Gasteiger partial charge < -0.3 is 15.4 Å². The molecule has 1 heterocycles. The van der Waals surface area contributed by atoms with Crippen LogP contribution < -0.4 is 15.4 Å². The average Bonchev–Trinajstić information content (AvgIpc) is 2.70. The molecule has 0 radical (unpaired) electrons. The molecule has 0 fully saturated rings. The van der Waals surface area contributed by atoms with E-state index < -0.39 is 0 Å². The van der Waals surface area contributed by atoms with Gasteiger partial charge in [-0.1, -0.05) is 27.7 Å². The van der Waals surface area contributed by atoms with Gasteiger partial charge in [0, 0.05) is 13.1 Å². The molecule has 5 heteroatoms. The van der Waals surface area contributed by atoms with Crippen molar-refractivity contribution < 1.29 is 4.74 Å². The van der Waals surface area contributed by atoms with Gasteiger partial charge >= 0.3 is 0 Å². The van der Waals surface area contributed by atoms with Crippen LogP contribution in [0.15, 0.2) is 0 Å². The van der Waals surface area contributed by atoms with Crippen molar-refractivity contribution in [2.75, 3.05) is 23.7 Å². The Labute approximate surface area is 133 Å². The van der Waals surface area contributed by atoms with Crippen molar-refractivity contribution in [3.05, 3.63) is 0 Å². The van der Waals surface area contributed by atoms with E-state index in [4.69, 9.17) is 10.5 Å². The first kappa shape index (κ1) is 18.1. The fourth-order valence-electron chi connectivity index (χ4n) is 1.98. The van der Waals surface area contributed by atoms with Crippen LogP contribution in [0, 0.1) is 11.8 Å². The zero-order valence-corrected chi connectivity index (χ0v) is 15.2. The van der Waals surface area contributed by atoms with E-state index in [1.807, 2.05) is 13.8 Å². The number of aromatic nitrogens is 1. The van der Waals surface area contributed by atoms with Crippen molar-refractivity contribution in [2.45, 2.75) is 60.5 Å². The molecule has 0 bridgehead atoms. The monoisotopic (exact) mass is 313 g/mol. The number of nitrogens with zero attached hydrogens (tertiary/aromatic N) is 2. The number of nitrogens with two attached hydrogens (primary N) is 1. The summed E-state index contributed by atoms with van der Waals surface area (Å²) in [6.45, 7) is 15.1. The molecule has 21 heavy (non-hydrogen) atoms. The van der Waals surface area contributed by atoms with Gasteiger partial charge in [0.25, 0.3) is 0 Å². The lowest BCUT2D eigenvalue weighted by Crippen LogP contribution is -2.27. The molecule has 0 aliphatic carbocycles. The van der Waals surface area contributed by atoms with E-state index in [9.17, 15) is 0 Å². The zero-order chi connectivity index (χ0) is 16.0. The van der Waals surface area contributed by atoms with Crippen LogP contribution in [0.1, 0.15) is 54.4 Å². The maximum absolute atomic E-state index is 5.99. The molecule has 0 saturated carbocycles. The molecule has 0 aliphatic rings. The van der Waals surface area contributed by atoms with Crippen LogP contribution in [-0.2, 0) is 0 Å². The molecule has 4 nitrogen and oxygen atoms in total. The summed E-state index contributed by atoms with van der Waals surface area (Å²) in [5.74, 6) is 2.66. The van der Waals surface area contributed by atoms with Crippen LogP contribution in [0.3, 0.4) is 0 Å². The Morgan fingerprint density at radius 3 is 2.00 bits per heavy atom. The summed E-state index contributed by atoms with van der Waals surface area (Å²) in [7, 11) is 0. The fraction of sp³-hybridized carbons (Fsp3) is 0.812. The lowest BCUT2D eigenvalue weighted by atomic mass is 10.1. The van der Waals surface area contributed by atoms with Crippen LogP contribution in [0.25, 0.3) is 0 Å². The van der Waals surface area contributed by atoms with Gasteiger partial charge in [0.15, 0.2) is 16.6 Å². The second-order valence-corrected chi connectivity index (χ2v) is 7.47. The van der Waals surface area contributed by atoms with Crippen LogP contribution in [0.2, 0.25) is 0 Å². The van der Waals surface area contributed by atoms with E-state index in [1.54, 1.807) is 0 Å². The van der Waals surface area contributed by atoms with Crippen molar-refractivity contribution in [3.63, 3.8) is 0 Å². The minimum atomic E-state index is 0.111. The van der Waals surface area contributed by atoms with Crippen LogP contribution in [0.5, 0.6) is 5.75 Å². The van der Waals surface area contributed by atoms with E-state index in [0.29, 0.717) is 17.7 Å². The van der Waals surface area contributed by atoms with Gasteiger partial charge in [0.2, 0.25) is 0 Å². The summed E-state index contributed by atoms with van der Waals surface area (Å²) < 4.78 is 10.2.